The van der Waals surface area contributed by atoms with Crippen LogP contribution in [0.15, 0.2) is 0 Å². The molecule has 1 fully saturated rings. The predicted molar refractivity (Wildman–Crippen MR) is 72.9 cm³/mol. The molecule has 0 aromatic carbocycles. The number of hydrogen-bond donors (Lipinski definition) is 0. The normalized spacial score (nSPS) is 20.3. The van der Waals surface area contributed by atoms with E-state index < -0.39 is 7.14 Å². The van der Waals surface area contributed by atoms with Crippen LogP contribution in [0.3, 0.4) is 0 Å². The van der Waals surface area contributed by atoms with Gasteiger partial charge in [0.25, 0.3) is 0 Å². The number of rotatable bonds is 7. The summed E-state index contributed by atoms with van der Waals surface area (Å²) >= 11 is 1.98. The molecule has 0 aromatic rings. The SMILES string of the molecule is CCCCCCCCP1(=O)CCSCC1. The van der Waals surface area contributed by atoms with Gasteiger partial charge in [0.2, 0.25) is 0 Å². The first-order valence-electron chi connectivity index (χ1n) is 6.42. The number of unbranched alkanes of at least 4 members (excludes halogenated alkanes) is 5. The van der Waals surface area contributed by atoms with E-state index in [9.17, 15) is 4.57 Å². The van der Waals surface area contributed by atoms with E-state index in [0.717, 1.165) is 30.0 Å². The van der Waals surface area contributed by atoms with Gasteiger partial charge in [-0.05, 0) is 6.42 Å². The van der Waals surface area contributed by atoms with Crippen LogP contribution >= 0.6 is 18.9 Å². The Labute approximate surface area is 99.2 Å². The summed E-state index contributed by atoms with van der Waals surface area (Å²) in [6.45, 7) is 2.25. The van der Waals surface area contributed by atoms with Gasteiger partial charge in [0.05, 0.1) is 7.14 Å². The fourth-order valence-electron chi connectivity index (χ4n) is 2.08. The third kappa shape index (κ3) is 6.02. The Morgan fingerprint density at radius 2 is 1.60 bits per heavy atom. The maximum Gasteiger partial charge on any atom is 0.0893 e. The molecule has 1 heterocycles. The lowest BCUT2D eigenvalue weighted by Crippen LogP contribution is -2.10. The Morgan fingerprint density at radius 1 is 1.00 bits per heavy atom. The maximum absolute atomic E-state index is 12.3. The van der Waals surface area contributed by atoms with Crippen molar-refractivity contribution in [1.29, 1.82) is 0 Å². The Balaban J connectivity index is 2.01. The lowest BCUT2D eigenvalue weighted by Gasteiger charge is -2.22. The van der Waals surface area contributed by atoms with Crippen molar-refractivity contribution in [3.63, 3.8) is 0 Å². The van der Waals surface area contributed by atoms with Crippen LogP contribution in [0.4, 0.5) is 0 Å². The smallest absolute Gasteiger partial charge is 0.0893 e. The van der Waals surface area contributed by atoms with Gasteiger partial charge in [0.15, 0.2) is 0 Å². The summed E-state index contributed by atoms with van der Waals surface area (Å²) in [6, 6.07) is 0. The lowest BCUT2D eigenvalue weighted by atomic mass is 10.1. The zero-order valence-electron chi connectivity index (χ0n) is 10.0. The molecule has 1 rings (SSSR count). The summed E-state index contributed by atoms with van der Waals surface area (Å²) in [5.41, 5.74) is 0. The minimum Gasteiger partial charge on any atom is -0.323 e. The highest BCUT2D eigenvalue weighted by Crippen LogP contribution is 2.49. The van der Waals surface area contributed by atoms with Crippen molar-refractivity contribution >= 4 is 18.9 Å². The van der Waals surface area contributed by atoms with Crippen LogP contribution in [0.25, 0.3) is 0 Å². The van der Waals surface area contributed by atoms with Crippen LogP contribution in [0.5, 0.6) is 0 Å². The lowest BCUT2D eigenvalue weighted by molar-refractivity contribution is 0.569. The summed E-state index contributed by atoms with van der Waals surface area (Å²) in [5.74, 6) is 2.29. The first-order chi connectivity index (χ1) is 7.27. The van der Waals surface area contributed by atoms with Gasteiger partial charge in [0, 0.05) is 30.0 Å². The largest absolute Gasteiger partial charge is 0.323 e. The van der Waals surface area contributed by atoms with Crippen LogP contribution in [0, 0.1) is 0 Å². The van der Waals surface area contributed by atoms with Crippen molar-refractivity contribution in [3.05, 3.63) is 0 Å². The molecule has 15 heavy (non-hydrogen) atoms. The summed E-state index contributed by atoms with van der Waals surface area (Å²) in [4.78, 5) is 0. The molecule has 3 heteroatoms. The van der Waals surface area contributed by atoms with E-state index in [1.165, 1.54) is 38.5 Å². The molecule has 0 bridgehead atoms. The summed E-state index contributed by atoms with van der Waals surface area (Å²) in [5, 5.41) is 0. The molecule has 1 nitrogen and oxygen atoms in total. The molecule has 1 saturated heterocycles. The van der Waals surface area contributed by atoms with Crippen molar-refractivity contribution < 1.29 is 4.57 Å². The third-order valence-electron chi connectivity index (χ3n) is 3.21. The molecule has 0 aliphatic carbocycles. The molecular formula is C12H25OPS. The van der Waals surface area contributed by atoms with Crippen LogP contribution < -0.4 is 0 Å². The highest BCUT2D eigenvalue weighted by atomic mass is 32.2. The van der Waals surface area contributed by atoms with E-state index in [2.05, 4.69) is 6.92 Å². The first-order valence-corrected chi connectivity index (χ1v) is 9.83. The topological polar surface area (TPSA) is 17.1 Å². The van der Waals surface area contributed by atoms with Gasteiger partial charge in [-0.3, -0.25) is 0 Å². The molecule has 0 amide bonds. The molecule has 0 aromatic heterocycles. The van der Waals surface area contributed by atoms with E-state index in [-0.39, 0.29) is 0 Å². The van der Waals surface area contributed by atoms with E-state index in [0.29, 0.717) is 0 Å². The van der Waals surface area contributed by atoms with Gasteiger partial charge in [-0.15, -0.1) is 0 Å². The highest BCUT2D eigenvalue weighted by Gasteiger charge is 2.24. The van der Waals surface area contributed by atoms with E-state index >= 15 is 0 Å². The molecule has 0 spiro atoms. The van der Waals surface area contributed by atoms with Crippen LogP contribution in [-0.2, 0) is 4.57 Å². The van der Waals surface area contributed by atoms with Gasteiger partial charge >= 0.3 is 0 Å². The zero-order chi connectivity index (χ0) is 11.0. The Bertz CT molecular complexity index is 196. The molecule has 0 saturated carbocycles. The second-order valence-corrected chi connectivity index (χ2v) is 9.29. The summed E-state index contributed by atoms with van der Waals surface area (Å²) < 4.78 is 12.3. The third-order valence-corrected chi connectivity index (χ3v) is 8.00. The first kappa shape index (κ1) is 13.6. The fraction of sp³-hybridized carbons (Fsp3) is 1.00. The summed E-state index contributed by atoms with van der Waals surface area (Å²) in [6.07, 6.45) is 11.0. The van der Waals surface area contributed by atoms with Gasteiger partial charge < -0.3 is 4.57 Å². The monoisotopic (exact) mass is 248 g/mol. The van der Waals surface area contributed by atoms with Gasteiger partial charge in [-0.25, -0.2) is 0 Å². The van der Waals surface area contributed by atoms with Crippen molar-refractivity contribution in [3.8, 4) is 0 Å². The molecular weight excluding hydrogens is 223 g/mol. The van der Waals surface area contributed by atoms with E-state index in [1.54, 1.807) is 0 Å². The van der Waals surface area contributed by atoms with Crippen LogP contribution in [-0.4, -0.2) is 30.0 Å². The maximum atomic E-state index is 12.3. The van der Waals surface area contributed by atoms with Crippen LogP contribution in [0.2, 0.25) is 0 Å². The van der Waals surface area contributed by atoms with Crippen molar-refractivity contribution in [2.45, 2.75) is 45.4 Å². The fourth-order valence-corrected chi connectivity index (χ4v) is 7.45. The number of hydrogen-bond acceptors (Lipinski definition) is 2. The number of thioether (sulfide) groups is 1. The Hall–Kier alpha value is 0.580. The molecule has 1 aliphatic heterocycles. The van der Waals surface area contributed by atoms with Gasteiger partial charge in [-0.2, -0.15) is 11.8 Å². The molecule has 0 unspecified atom stereocenters. The quantitative estimate of drug-likeness (QED) is 0.489. The van der Waals surface area contributed by atoms with Gasteiger partial charge in [-0.1, -0.05) is 39.0 Å². The Morgan fingerprint density at radius 3 is 2.27 bits per heavy atom. The highest BCUT2D eigenvalue weighted by molar-refractivity contribution is 8.00. The van der Waals surface area contributed by atoms with Crippen molar-refractivity contribution in [2.24, 2.45) is 0 Å². The Kier molecular flexibility index (Phi) is 7.08. The molecule has 0 atom stereocenters. The average molecular weight is 248 g/mol. The van der Waals surface area contributed by atoms with Crippen molar-refractivity contribution in [1.82, 2.24) is 0 Å². The predicted octanol–water partition coefficient (Wildman–Crippen LogP) is 4.46. The molecule has 90 valence electrons. The van der Waals surface area contributed by atoms with E-state index in [1.807, 2.05) is 11.8 Å². The minimum atomic E-state index is -1.69. The average Bonchev–Trinajstić information content (AvgIpc) is 2.24. The standard InChI is InChI=1S/C12H25OPS/c1-2-3-4-5-6-7-8-14(13)9-11-15-12-10-14/h2-12H2,1H3. The van der Waals surface area contributed by atoms with E-state index in [4.69, 9.17) is 0 Å². The van der Waals surface area contributed by atoms with Gasteiger partial charge in [0.1, 0.15) is 0 Å². The molecule has 0 N–H and O–H groups in total. The molecule has 0 radical (unpaired) electrons. The zero-order valence-corrected chi connectivity index (χ0v) is 11.8. The van der Waals surface area contributed by atoms with Crippen molar-refractivity contribution in [2.75, 3.05) is 30.0 Å². The second kappa shape index (κ2) is 7.79. The second-order valence-electron chi connectivity index (χ2n) is 4.61. The minimum absolute atomic E-state index is 1.02. The molecule has 1 aliphatic rings. The van der Waals surface area contributed by atoms with Crippen LogP contribution in [0.1, 0.15) is 45.4 Å². The summed E-state index contributed by atoms with van der Waals surface area (Å²) in [7, 11) is -1.69.